The van der Waals surface area contributed by atoms with E-state index in [2.05, 4.69) is 5.32 Å². The van der Waals surface area contributed by atoms with E-state index in [4.69, 9.17) is 4.74 Å². The van der Waals surface area contributed by atoms with Crippen molar-refractivity contribution < 1.29 is 14.3 Å². The normalized spacial score (nSPS) is 13.7. The van der Waals surface area contributed by atoms with Gasteiger partial charge in [0.1, 0.15) is 11.4 Å². The van der Waals surface area contributed by atoms with Crippen molar-refractivity contribution in [3.05, 3.63) is 108 Å². The lowest BCUT2D eigenvalue weighted by atomic mass is 10.0. The summed E-state index contributed by atoms with van der Waals surface area (Å²) in [5.41, 5.74) is 2.51. The maximum atomic E-state index is 13.7. The minimum Gasteiger partial charge on any atom is -0.494 e. The molecule has 4 aromatic rings. The number of fused-ring (bicyclic) bond motifs is 1. The summed E-state index contributed by atoms with van der Waals surface area (Å²) in [7, 11) is 0. The maximum absolute atomic E-state index is 13.7. The molecule has 0 atom stereocenters. The summed E-state index contributed by atoms with van der Waals surface area (Å²) in [5.74, 6) is -0.0601. The summed E-state index contributed by atoms with van der Waals surface area (Å²) in [5, 5.41) is 5.01. The predicted octanol–water partition coefficient (Wildman–Crippen LogP) is 5.64. The van der Waals surface area contributed by atoms with Gasteiger partial charge in [-0.25, -0.2) is 4.90 Å². The monoisotopic (exact) mass is 434 g/mol. The molecule has 5 rings (SSSR count). The molecule has 4 aromatic carbocycles. The van der Waals surface area contributed by atoms with Gasteiger partial charge in [0, 0.05) is 17.1 Å². The highest BCUT2D eigenvalue weighted by molar-refractivity contribution is 6.47. The zero-order valence-electron chi connectivity index (χ0n) is 18.1. The van der Waals surface area contributed by atoms with E-state index in [1.807, 2.05) is 97.9 Å². The number of hydrogen-bond donors (Lipinski definition) is 1. The van der Waals surface area contributed by atoms with Crippen LogP contribution in [0.3, 0.4) is 0 Å². The third kappa shape index (κ3) is 3.74. The van der Waals surface area contributed by atoms with Crippen molar-refractivity contribution in [2.75, 3.05) is 16.8 Å². The third-order valence-electron chi connectivity index (χ3n) is 5.57. The molecule has 33 heavy (non-hydrogen) atoms. The molecule has 0 bridgehead atoms. The van der Waals surface area contributed by atoms with Gasteiger partial charge < -0.3 is 10.1 Å². The number of amides is 2. The van der Waals surface area contributed by atoms with Gasteiger partial charge in [0.2, 0.25) is 0 Å². The van der Waals surface area contributed by atoms with Crippen LogP contribution in [0.4, 0.5) is 11.4 Å². The number of ether oxygens (including phenoxy) is 1. The van der Waals surface area contributed by atoms with E-state index in [-0.39, 0.29) is 11.6 Å². The Bertz CT molecular complexity index is 1390. The van der Waals surface area contributed by atoms with E-state index < -0.39 is 5.91 Å². The van der Waals surface area contributed by atoms with E-state index in [0.717, 1.165) is 10.8 Å². The van der Waals surface area contributed by atoms with Crippen LogP contribution in [-0.2, 0) is 9.59 Å². The van der Waals surface area contributed by atoms with Gasteiger partial charge in [-0.05, 0) is 36.1 Å². The van der Waals surface area contributed by atoms with Crippen molar-refractivity contribution in [1.29, 1.82) is 0 Å². The zero-order valence-corrected chi connectivity index (χ0v) is 18.1. The van der Waals surface area contributed by atoms with Crippen LogP contribution >= 0.6 is 0 Å². The average Bonchev–Trinajstić information content (AvgIpc) is 3.09. The molecule has 0 aliphatic carbocycles. The predicted molar refractivity (Wildman–Crippen MR) is 131 cm³/mol. The highest BCUT2D eigenvalue weighted by Crippen LogP contribution is 2.37. The molecule has 1 N–H and O–H groups in total. The summed E-state index contributed by atoms with van der Waals surface area (Å²) in [6, 6.07) is 30.0. The number of benzene rings is 4. The summed E-state index contributed by atoms with van der Waals surface area (Å²) in [6.45, 7) is 2.45. The number of carbonyl (C=O) groups is 2. The molecule has 2 amide bonds. The van der Waals surface area contributed by atoms with Crippen LogP contribution in [0.15, 0.2) is 103 Å². The van der Waals surface area contributed by atoms with E-state index in [1.54, 1.807) is 6.07 Å². The molecule has 1 heterocycles. The fourth-order valence-electron chi connectivity index (χ4n) is 4.12. The first-order chi connectivity index (χ1) is 16.2. The Hall–Kier alpha value is -4.38. The number of carbonyl (C=O) groups excluding carboxylic acids is 2. The summed E-state index contributed by atoms with van der Waals surface area (Å²) < 4.78 is 5.59. The molecule has 5 nitrogen and oxygen atoms in total. The first-order valence-corrected chi connectivity index (χ1v) is 10.8. The largest absolute Gasteiger partial charge is 0.494 e. The number of imide groups is 1. The smallest absolute Gasteiger partial charge is 0.282 e. The molecular weight excluding hydrogens is 412 g/mol. The second kappa shape index (κ2) is 8.63. The SMILES string of the molecule is CCOc1cccc(NC2=C(c3ccccc3)C(=O)N(c3cccc4ccccc34)C2=O)c1. The molecule has 1 aliphatic heterocycles. The Balaban J connectivity index is 1.63. The van der Waals surface area contributed by atoms with Crippen molar-refractivity contribution in [2.45, 2.75) is 6.92 Å². The summed E-state index contributed by atoms with van der Waals surface area (Å²) >= 11 is 0. The van der Waals surface area contributed by atoms with Gasteiger partial charge in [0.25, 0.3) is 11.8 Å². The van der Waals surface area contributed by atoms with E-state index in [0.29, 0.717) is 34.9 Å². The summed E-state index contributed by atoms with van der Waals surface area (Å²) in [6.07, 6.45) is 0. The standard InChI is InChI=1S/C28H22N2O3/c1-2-33-22-15-9-14-21(18-22)29-26-25(20-11-4-3-5-12-20)27(31)30(28(26)32)24-17-8-13-19-10-6-7-16-23(19)24/h3-18,29H,2H2,1H3. The fourth-order valence-corrected chi connectivity index (χ4v) is 4.12. The Morgan fingerprint density at radius 1 is 0.788 bits per heavy atom. The molecule has 1 aliphatic rings. The number of nitrogens with zero attached hydrogens (tertiary/aromatic N) is 1. The molecule has 0 radical (unpaired) electrons. The lowest BCUT2D eigenvalue weighted by Crippen LogP contribution is -2.32. The lowest BCUT2D eigenvalue weighted by Gasteiger charge is -2.18. The van der Waals surface area contributed by atoms with Crippen molar-refractivity contribution in [2.24, 2.45) is 0 Å². The topological polar surface area (TPSA) is 58.6 Å². The minimum atomic E-state index is -0.392. The van der Waals surface area contributed by atoms with Crippen molar-refractivity contribution >= 4 is 39.5 Å². The van der Waals surface area contributed by atoms with Gasteiger partial charge in [0.15, 0.2) is 0 Å². The first kappa shape index (κ1) is 20.5. The van der Waals surface area contributed by atoms with E-state index in [1.165, 1.54) is 4.90 Å². The van der Waals surface area contributed by atoms with E-state index >= 15 is 0 Å². The number of nitrogens with one attached hydrogen (secondary N) is 1. The maximum Gasteiger partial charge on any atom is 0.282 e. The Morgan fingerprint density at radius 3 is 2.33 bits per heavy atom. The Labute approximate surface area is 191 Å². The zero-order chi connectivity index (χ0) is 22.8. The minimum absolute atomic E-state index is 0.243. The highest BCUT2D eigenvalue weighted by atomic mass is 16.5. The van der Waals surface area contributed by atoms with Crippen LogP contribution in [0, 0.1) is 0 Å². The van der Waals surface area contributed by atoms with Crippen LogP contribution in [0.1, 0.15) is 12.5 Å². The van der Waals surface area contributed by atoms with E-state index in [9.17, 15) is 9.59 Å². The van der Waals surface area contributed by atoms with Gasteiger partial charge in [0.05, 0.1) is 17.9 Å². The molecule has 0 spiro atoms. The Kier molecular flexibility index (Phi) is 5.37. The van der Waals surface area contributed by atoms with Crippen LogP contribution < -0.4 is 15.0 Å². The van der Waals surface area contributed by atoms with Crippen LogP contribution in [0.25, 0.3) is 16.3 Å². The van der Waals surface area contributed by atoms with Gasteiger partial charge in [-0.3, -0.25) is 9.59 Å². The van der Waals surface area contributed by atoms with Gasteiger partial charge in [-0.1, -0.05) is 72.8 Å². The fraction of sp³-hybridized carbons (Fsp3) is 0.0714. The molecular formula is C28H22N2O3. The quantitative estimate of drug-likeness (QED) is 0.399. The van der Waals surface area contributed by atoms with Gasteiger partial charge in [-0.15, -0.1) is 0 Å². The molecule has 0 unspecified atom stereocenters. The molecule has 5 heteroatoms. The van der Waals surface area contributed by atoms with Crippen molar-refractivity contribution in [3.8, 4) is 5.75 Å². The number of hydrogen-bond acceptors (Lipinski definition) is 4. The second-order valence-corrected chi connectivity index (χ2v) is 7.65. The van der Waals surface area contributed by atoms with Crippen LogP contribution in [-0.4, -0.2) is 18.4 Å². The third-order valence-corrected chi connectivity index (χ3v) is 5.57. The van der Waals surface area contributed by atoms with Gasteiger partial charge in [-0.2, -0.15) is 0 Å². The van der Waals surface area contributed by atoms with Crippen LogP contribution in [0.2, 0.25) is 0 Å². The highest BCUT2D eigenvalue weighted by Gasteiger charge is 2.40. The lowest BCUT2D eigenvalue weighted by molar-refractivity contribution is -0.120. The van der Waals surface area contributed by atoms with Gasteiger partial charge >= 0.3 is 0 Å². The molecule has 0 aromatic heterocycles. The average molecular weight is 434 g/mol. The molecule has 0 saturated carbocycles. The van der Waals surface area contributed by atoms with Crippen molar-refractivity contribution in [1.82, 2.24) is 0 Å². The molecule has 0 fully saturated rings. The molecule has 162 valence electrons. The Morgan fingerprint density at radius 2 is 1.52 bits per heavy atom. The van der Waals surface area contributed by atoms with Crippen molar-refractivity contribution in [3.63, 3.8) is 0 Å². The number of anilines is 2. The number of rotatable bonds is 6. The second-order valence-electron chi connectivity index (χ2n) is 7.65. The molecule has 0 saturated heterocycles. The first-order valence-electron chi connectivity index (χ1n) is 10.8. The van der Waals surface area contributed by atoms with Crippen LogP contribution in [0.5, 0.6) is 5.75 Å². The summed E-state index contributed by atoms with van der Waals surface area (Å²) in [4.78, 5) is 28.7.